The Morgan fingerprint density at radius 1 is 1.12 bits per heavy atom. The summed E-state index contributed by atoms with van der Waals surface area (Å²) in [5.41, 5.74) is 9.59. The summed E-state index contributed by atoms with van der Waals surface area (Å²) in [5.74, 6) is 4.40. The molecule has 0 aliphatic heterocycles. The fourth-order valence-corrected chi connectivity index (χ4v) is 8.92. The lowest BCUT2D eigenvalue weighted by Crippen LogP contribution is -2.54. The van der Waals surface area contributed by atoms with Gasteiger partial charge in [0.05, 0.1) is 7.11 Å². The molecule has 4 aliphatic rings. The Hall–Kier alpha value is -1.59. The van der Waals surface area contributed by atoms with Crippen LogP contribution >= 0.6 is 0 Å². The fourth-order valence-electron chi connectivity index (χ4n) is 8.92. The molecule has 4 aliphatic carbocycles. The number of nitrogens with two attached hydrogens (primary N) is 1. The first-order valence-electron chi connectivity index (χ1n) is 12.9. The summed E-state index contributed by atoms with van der Waals surface area (Å²) >= 11 is 0. The van der Waals surface area contributed by atoms with Crippen molar-refractivity contribution < 1.29 is 14.3 Å². The summed E-state index contributed by atoms with van der Waals surface area (Å²) < 4.78 is 4.89. The highest BCUT2D eigenvalue weighted by atomic mass is 16.5. The van der Waals surface area contributed by atoms with Crippen LogP contribution in [0.25, 0.3) is 0 Å². The number of nitrogens with one attached hydrogen (secondary N) is 1. The molecule has 8 atom stereocenters. The van der Waals surface area contributed by atoms with E-state index in [-0.39, 0.29) is 5.97 Å². The molecule has 0 heterocycles. The van der Waals surface area contributed by atoms with E-state index in [1.54, 1.807) is 0 Å². The minimum absolute atomic E-state index is 0.0715. The van der Waals surface area contributed by atoms with Crippen molar-refractivity contribution in [1.29, 1.82) is 0 Å². The van der Waals surface area contributed by atoms with Gasteiger partial charge in [-0.2, -0.15) is 5.10 Å². The molecule has 0 aromatic heterocycles. The predicted octanol–water partition coefficient (Wildman–Crippen LogP) is 5.26. The van der Waals surface area contributed by atoms with E-state index in [0.29, 0.717) is 29.1 Å². The molecule has 0 radical (unpaired) electrons. The summed E-state index contributed by atoms with van der Waals surface area (Å²) in [6.07, 6.45) is 12.7. The number of hydrogen-bond donors (Lipinski definition) is 2. The molecule has 6 heteroatoms. The average Bonchev–Trinajstić information content (AvgIpc) is 3.12. The number of hydrazone groups is 1. The maximum Gasteiger partial charge on any atom is 0.332 e. The van der Waals surface area contributed by atoms with E-state index in [4.69, 9.17) is 10.5 Å². The Bertz CT molecular complexity index is 767. The molecule has 0 bridgehead atoms. The van der Waals surface area contributed by atoms with Crippen LogP contribution in [0, 0.1) is 46.3 Å². The molecule has 32 heavy (non-hydrogen) atoms. The van der Waals surface area contributed by atoms with Gasteiger partial charge in [0.1, 0.15) is 0 Å². The number of ether oxygens (including phenoxy) is 1. The first kappa shape index (κ1) is 23.6. The Kier molecular flexibility index (Phi) is 6.61. The first-order chi connectivity index (χ1) is 15.2. The third-order valence-corrected chi connectivity index (χ3v) is 10.6. The summed E-state index contributed by atoms with van der Waals surface area (Å²) in [5, 5.41) is 4.30. The molecule has 180 valence electrons. The van der Waals surface area contributed by atoms with Gasteiger partial charge < -0.3 is 10.5 Å². The zero-order valence-electron chi connectivity index (χ0n) is 20.5. The Balaban J connectivity index is 1.45. The zero-order chi connectivity index (χ0) is 23.1. The molecule has 0 saturated heterocycles. The molecule has 2 amide bonds. The number of carbonyl (C=O) groups is 2. The van der Waals surface area contributed by atoms with Crippen molar-refractivity contribution in [1.82, 2.24) is 5.43 Å². The molecule has 0 spiro atoms. The van der Waals surface area contributed by atoms with Crippen LogP contribution in [0.4, 0.5) is 4.79 Å². The van der Waals surface area contributed by atoms with Gasteiger partial charge in [0, 0.05) is 12.1 Å². The second-order valence-electron chi connectivity index (χ2n) is 11.8. The van der Waals surface area contributed by atoms with Crippen molar-refractivity contribution >= 4 is 17.7 Å². The zero-order valence-corrected chi connectivity index (χ0v) is 20.5. The van der Waals surface area contributed by atoms with Crippen molar-refractivity contribution in [3.63, 3.8) is 0 Å². The SMILES string of the molecule is COC(=O)CC[C@H](C)[C@H]1CCC2C3CC[C@@H]4C/C(=N/NC(N)=O)CC[C@]4(C)C3CC[C@@]21C. The van der Waals surface area contributed by atoms with Crippen LogP contribution in [0.3, 0.4) is 0 Å². The van der Waals surface area contributed by atoms with E-state index >= 15 is 0 Å². The quantitative estimate of drug-likeness (QED) is 0.446. The van der Waals surface area contributed by atoms with E-state index in [1.165, 1.54) is 52.1 Å². The number of fused-ring (bicyclic) bond motifs is 5. The highest BCUT2D eigenvalue weighted by Crippen LogP contribution is 2.68. The molecular formula is C26H43N3O3. The molecule has 4 saturated carbocycles. The van der Waals surface area contributed by atoms with Crippen molar-refractivity contribution in [3.8, 4) is 0 Å². The van der Waals surface area contributed by atoms with Gasteiger partial charge >= 0.3 is 12.0 Å². The smallest absolute Gasteiger partial charge is 0.332 e. The highest BCUT2D eigenvalue weighted by Gasteiger charge is 2.60. The second kappa shape index (κ2) is 8.98. The van der Waals surface area contributed by atoms with E-state index in [1.807, 2.05) is 0 Å². The molecular weight excluding hydrogens is 402 g/mol. The number of nitrogens with zero attached hydrogens (tertiary/aromatic N) is 1. The number of hydrogen-bond acceptors (Lipinski definition) is 4. The van der Waals surface area contributed by atoms with Gasteiger partial charge in [-0.05, 0) is 111 Å². The number of primary amides is 1. The summed E-state index contributed by atoms with van der Waals surface area (Å²) in [7, 11) is 1.49. The lowest BCUT2D eigenvalue weighted by Gasteiger charge is -2.60. The standard InChI is InChI=1S/C26H43N3O3/c1-16(5-10-23(30)32-4)20-8-9-21-19-7-6-17-15-18(28-29-24(27)31)11-13-25(17,2)22(19)12-14-26(20,21)3/h16-17,19-22H,5-15H2,1-4H3,(H3,27,29,31)/b28-18+/t16-,17+,19?,20+,21?,22?,25-,26+/m0/s1. The Morgan fingerprint density at radius 2 is 1.88 bits per heavy atom. The lowest BCUT2D eigenvalue weighted by atomic mass is 9.44. The number of methoxy groups -OCH3 is 1. The number of esters is 1. The topological polar surface area (TPSA) is 93.8 Å². The number of amides is 2. The van der Waals surface area contributed by atoms with Gasteiger partial charge in [-0.25, -0.2) is 10.2 Å². The van der Waals surface area contributed by atoms with Crippen LogP contribution in [-0.2, 0) is 9.53 Å². The van der Waals surface area contributed by atoms with E-state index < -0.39 is 6.03 Å². The van der Waals surface area contributed by atoms with E-state index in [9.17, 15) is 9.59 Å². The third kappa shape index (κ3) is 4.07. The van der Waals surface area contributed by atoms with Crippen LogP contribution in [-0.4, -0.2) is 24.8 Å². The predicted molar refractivity (Wildman–Crippen MR) is 126 cm³/mol. The van der Waals surface area contributed by atoms with Crippen LogP contribution in [0.5, 0.6) is 0 Å². The van der Waals surface area contributed by atoms with Crippen molar-refractivity contribution in [2.75, 3.05) is 7.11 Å². The largest absolute Gasteiger partial charge is 0.469 e. The summed E-state index contributed by atoms with van der Waals surface area (Å²) in [4.78, 5) is 22.7. The molecule has 3 unspecified atom stereocenters. The molecule has 3 N–H and O–H groups in total. The van der Waals surface area contributed by atoms with Crippen LogP contribution in [0.15, 0.2) is 5.10 Å². The maximum absolute atomic E-state index is 11.7. The Labute approximate surface area is 193 Å². The minimum atomic E-state index is -0.572. The van der Waals surface area contributed by atoms with Crippen LogP contribution < -0.4 is 11.2 Å². The van der Waals surface area contributed by atoms with Gasteiger partial charge in [-0.1, -0.05) is 20.8 Å². The van der Waals surface area contributed by atoms with Crippen LogP contribution in [0.1, 0.15) is 91.4 Å². The normalized spacial score (nSPS) is 43.0. The number of rotatable bonds is 5. The molecule has 6 nitrogen and oxygen atoms in total. The molecule has 0 aromatic carbocycles. The van der Waals surface area contributed by atoms with Gasteiger partial charge in [0.2, 0.25) is 0 Å². The summed E-state index contributed by atoms with van der Waals surface area (Å²) in [6.45, 7) is 7.50. The highest BCUT2D eigenvalue weighted by molar-refractivity contribution is 5.87. The van der Waals surface area contributed by atoms with Crippen molar-refractivity contribution in [2.45, 2.75) is 91.4 Å². The number of carbonyl (C=O) groups excluding carboxylic acids is 2. The van der Waals surface area contributed by atoms with Gasteiger partial charge in [0.15, 0.2) is 0 Å². The fraction of sp³-hybridized carbons (Fsp3) is 0.885. The molecule has 4 rings (SSSR count). The van der Waals surface area contributed by atoms with Crippen molar-refractivity contribution in [3.05, 3.63) is 0 Å². The van der Waals surface area contributed by atoms with Gasteiger partial charge in [-0.3, -0.25) is 4.79 Å². The Morgan fingerprint density at radius 3 is 2.59 bits per heavy atom. The lowest BCUT2D eigenvalue weighted by molar-refractivity contribution is -0.141. The molecule has 4 fully saturated rings. The van der Waals surface area contributed by atoms with E-state index in [0.717, 1.165) is 48.6 Å². The van der Waals surface area contributed by atoms with Gasteiger partial charge in [-0.15, -0.1) is 0 Å². The second-order valence-corrected chi connectivity index (χ2v) is 11.8. The number of urea groups is 1. The maximum atomic E-state index is 11.7. The van der Waals surface area contributed by atoms with Gasteiger partial charge in [0.25, 0.3) is 0 Å². The summed E-state index contributed by atoms with van der Waals surface area (Å²) in [6, 6.07) is -0.572. The van der Waals surface area contributed by atoms with Crippen LogP contribution in [0.2, 0.25) is 0 Å². The third-order valence-electron chi connectivity index (χ3n) is 10.6. The monoisotopic (exact) mass is 445 g/mol. The average molecular weight is 446 g/mol. The van der Waals surface area contributed by atoms with Crippen molar-refractivity contribution in [2.24, 2.45) is 57.2 Å². The molecule has 0 aromatic rings. The first-order valence-corrected chi connectivity index (χ1v) is 12.9. The van der Waals surface area contributed by atoms with E-state index in [2.05, 4.69) is 31.3 Å². The minimum Gasteiger partial charge on any atom is -0.469 e.